The third kappa shape index (κ3) is 56.9. The van der Waals surface area contributed by atoms with Crippen molar-refractivity contribution in [1.82, 2.24) is 0 Å². The van der Waals surface area contributed by atoms with Crippen LogP contribution in [0.2, 0.25) is 0 Å². The Kier molecular flexibility index (Phi) is 54.6. The number of hydrogen-bond acceptors (Lipinski definition) is 15. The summed E-state index contributed by atoms with van der Waals surface area (Å²) in [6.07, 6.45) is 39.2. The lowest BCUT2D eigenvalue weighted by Crippen LogP contribution is -2.30. The minimum Gasteiger partial charge on any atom is -0.462 e. The van der Waals surface area contributed by atoms with Gasteiger partial charge in [0.2, 0.25) is 0 Å². The summed E-state index contributed by atoms with van der Waals surface area (Å²) in [4.78, 5) is 71.8. The Morgan fingerprint density at radius 3 is 0.840 bits per heavy atom. The largest absolute Gasteiger partial charge is 0.472 e. The zero-order chi connectivity index (χ0) is 59.9. The summed E-state index contributed by atoms with van der Waals surface area (Å²) < 4.78 is 67.7. The number of aliphatic hydroxyl groups is 1. The number of carbonyl (C=O) groups is 4. The maximum Gasteiger partial charge on any atom is 0.472 e. The lowest BCUT2D eigenvalue weighted by Gasteiger charge is -2.21. The molecule has 0 aromatic carbocycles. The van der Waals surface area contributed by atoms with E-state index in [2.05, 4.69) is 34.6 Å². The third-order valence-electron chi connectivity index (χ3n) is 14.3. The number of unbranched alkanes of at least 4 members (excludes halogenated alkanes) is 34. The van der Waals surface area contributed by atoms with Crippen LogP contribution in [-0.4, -0.2) is 96.7 Å². The van der Waals surface area contributed by atoms with Gasteiger partial charge in [-0.2, -0.15) is 0 Å². The first-order chi connectivity index (χ1) is 39.0. The molecule has 5 atom stereocenters. The van der Waals surface area contributed by atoms with Crippen molar-refractivity contribution in [2.45, 2.75) is 329 Å². The summed E-state index contributed by atoms with van der Waals surface area (Å²) in [5.41, 5.74) is 0. The molecule has 19 heteroatoms. The molecule has 0 saturated carbocycles. The molecule has 0 saturated heterocycles. The minimum absolute atomic E-state index is 0.103. The Hall–Kier alpha value is -1.94. The Morgan fingerprint density at radius 2 is 0.568 bits per heavy atom. The van der Waals surface area contributed by atoms with E-state index in [1.165, 1.54) is 109 Å². The van der Waals surface area contributed by atoms with Crippen LogP contribution >= 0.6 is 15.6 Å². The van der Waals surface area contributed by atoms with Crippen LogP contribution in [0.3, 0.4) is 0 Å². The van der Waals surface area contributed by atoms with Crippen molar-refractivity contribution in [3.8, 4) is 0 Å². The highest BCUT2D eigenvalue weighted by Gasteiger charge is 2.30. The van der Waals surface area contributed by atoms with E-state index in [-0.39, 0.29) is 25.7 Å². The number of aliphatic hydroxyl groups excluding tert-OH is 1. The molecule has 0 aromatic heterocycles. The lowest BCUT2D eigenvalue weighted by atomic mass is 10.0. The number of phosphoric ester groups is 2. The molecule has 0 aliphatic rings. The summed E-state index contributed by atoms with van der Waals surface area (Å²) >= 11 is 0. The molecule has 17 nitrogen and oxygen atoms in total. The minimum atomic E-state index is -4.94. The highest BCUT2D eigenvalue weighted by molar-refractivity contribution is 7.47. The van der Waals surface area contributed by atoms with Gasteiger partial charge in [-0.05, 0) is 31.6 Å². The molecule has 0 amide bonds. The van der Waals surface area contributed by atoms with Gasteiger partial charge in [-0.15, -0.1) is 0 Å². The highest BCUT2D eigenvalue weighted by Crippen LogP contribution is 2.45. The second-order valence-corrected chi connectivity index (χ2v) is 25.8. The van der Waals surface area contributed by atoms with E-state index in [1.54, 1.807) is 0 Å². The van der Waals surface area contributed by atoms with Gasteiger partial charge in [0.05, 0.1) is 26.4 Å². The van der Waals surface area contributed by atoms with Crippen molar-refractivity contribution in [3.63, 3.8) is 0 Å². The Bertz CT molecular complexity index is 1580. The molecule has 3 N–H and O–H groups in total. The van der Waals surface area contributed by atoms with Crippen LogP contribution in [-0.2, 0) is 65.4 Å². The van der Waals surface area contributed by atoms with E-state index in [4.69, 9.17) is 37.0 Å². The maximum atomic E-state index is 12.9. The van der Waals surface area contributed by atoms with Gasteiger partial charge in [0, 0.05) is 25.7 Å². The van der Waals surface area contributed by atoms with Gasteiger partial charge in [0.25, 0.3) is 0 Å². The second-order valence-electron chi connectivity index (χ2n) is 22.9. The van der Waals surface area contributed by atoms with E-state index in [0.29, 0.717) is 25.7 Å². The molecule has 0 bridgehead atoms. The van der Waals surface area contributed by atoms with Gasteiger partial charge in [-0.25, -0.2) is 9.13 Å². The fourth-order valence-corrected chi connectivity index (χ4v) is 10.8. The summed E-state index contributed by atoms with van der Waals surface area (Å²) in [6, 6.07) is 0. The quantitative estimate of drug-likeness (QED) is 0.0222. The highest BCUT2D eigenvalue weighted by atomic mass is 31.2. The Morgan fingerprint density at radius 1 is 0.333 bits per heavy atom. The lowest BCUT2D eigenvalue weighted by molar-refractivity contribution is -0.161. The smallest absolute Gasteiger partial charge is 0.462 e. The van der Waals surface area contributed by atoms with E-state index in [0.717, 1.165) is 121 Å². The first-order valence-electron chi connectivity index (χ1n) is 32.6. The molecule has 81 heavy (non-hydrogen) atoms. The summed E-state index contributed by atoms with van der Waals surface area (Å²) in [5, 5.41) is 10.5. The molecule has 0 aliphatic heterocycles. The zero-order valence-electron chi connectivity index (χ0n) is 51.9. The van der Waals surface area contributed by atoms with Crippen LogP contribution < -0.4 is 0 Å². The van der Waals surface area contributed by atoms with Crippen molar-refractivity contribution >= 4 is 39.5 Å². The normalized spacial score (nSPS) is 14.3. The molecule has 0 heterocycles. The van der Waals surface area contributed by atoms with Crippen LogP contribution in [0, 0.1) is 5.92 Å². The number of rotatable bonds is 62. The number of phosphoric acid groups is 2. The topological polar surface area (TPSA) is 237 Å². The van der Waals surface area contributed by atoms with E-state index in [9.17, 15) is 43.2 Å². The molecule has 0 rings (SSSR count). The molecule has 0 radical (unpaired) electrons. The monoisotopic (exact) mass is 1200 g/mol. The van der Waals surface area contributed by atoms with Crippen LogP contribution in [0.1, 0.15) is 311 Å². The number of hydrogen-bond donors (Lipinski definition) is 3. The summed E-state index contributed by atoms with van der Waals surface area (Å²) in [6.45, 7) is 7.11. The third-order valence-corrected chi connectivity index (χ3v) is 16.2. The first-order valence-corrected chi connectivity index (χ1v) is 35.6. The molecule has 0 fully saturated rings. The van der Waals surface area contributed by atoms with Crippen molar-refractivity contribution in [3.05, 3.63) is 0 Å². The Labute approximate surface area is 492 Å². The van der Waals surface area contributed by atoms with Gasteiger partial charge in [-0.3, -0.25) is 37.3 Å². The van der Waals surface area contributed by atoms with Crippen LogP contribution in [0.25, 0.3) is 0 Å². The van der Waals surface area contributed by atoms with Crippen molar-refractivity contribution in [2.24, 2.45) is 5.92 Å². The molecular weight excluding hydrogens is 1080 g/mol. The predicted octanol–water partition coefficient (Wildman–Crippen LogP) is 17.0. The summed E-state index contributed by atoms with van der Waals surface area (Å²) in [7, 11) is -9.87. The SMILES string of the molecule is CCCCCCCCCCCCC(=O)OC[C@H](COP(=O)(O)OC[C@@H](O)COP(=O)(O)OC[C@@H](COC(=O)CCCCCCCCC)OC(=O)CCCCCCCCC)OC(=O)CCCCCCCCCCCCCCCCC(C)C. The average molecular weight is 1200 g/mol. The van der Waals surface area contributed by atoms with Crippen molar-refractivity contribution < 1.29 is 80.2 Å². The zero-order valence-corrected chi connectivity index (χ0v) is 53.7. The van der Waals surface area contributed by atoms with Crippen LogP contribution in [0.4, 0.5) is 0 Å². The van der Waals surface area contributed by atoms with Crippen molar-refractivity contribution in [2.75, 3.05) is 39.6 Å². The van der Waals surface area contributed by atoms with Gasteiger partial charge in [-0.1, -0.05) is 259 Å². The fourth-order valence-electron chi connectivity index (χ4n) is 9.23. The number of ether oxygens (including phenoxy) is 4. The molecular formula is C62H120O17P2. The van der Waals surface area contributed by atoms with Gasteiger partial charge in [0.1, 0.15) is 19.3 Å². The van der Waals surface area contributed by atoms with Gasteiger partial charge < -0.3 is 33.8 Å². The molecule has 0 aliphatic carbocycles. The van der Waals surface area contributed by atoms with Gasteiger partial charge in [0.15, 0.2) is 12.2 Å². The summed E-state index contributed by atoms with van der Waals surface area (Å²) in [5.74, 6) is -1.35. The number of carbonyl (C=O) groups excluding carboxylic acids is 4. The van der Waals surface area contributed by atoms with E-state index < -0.39 is 97.5 Å². The standard InChI is InChI=1S/C62H120O17P2/c1-6-9-12-15-18-19-27-32-36-41-46-60(65)73-52-58(79-62(67)48-43-38-33-28-25-23-21-20-22-24-26-31-34-39-44-55(4)5)54-77-81(70,71)75-50-56(63)49-74-80(68,69)76-53-57(78-61(66)47-42-37-30-17-14-11-8-3)51-72-59(64)45-40-35-29-16-13-10-7-2/h55-58,63H,6-54H2,1-5H3,(H,68,69)(H,70,71)/t56-,57+,58+/m0/s1. The van der Waals surface area contributed by atoms with Crippen molar-refractivity contribution in [1.29, 1.82) is 0 Å². The fraction of sp³-hybridized carbons (Fsp3) is 0.935. The van der Waals surface area contributed by atoms with E-state index in [1.807, 2.05) is 0 Å². The van der Waals surface area contributed by atoms with Crippen LogP contribution in [0.5, 0.6) is 0 Å². The van der Waals surface area contributed by atoms with Gasteiger partial charge >= 0.3 is 39.5 Å². The molecule has 2 unspecified atom stereocenters. The van der Waals surface area contributed by atoms with E-state index >= 15 is 0 Å². The molecule has 480 valence electrons. The number of esters is 4. The molecule has 0 aromatic rings. The second kappa shape index (κ2) is 55.9. The Balaban J connectivity index is 5.14. The first kappa shape index (κ1) is 79.1. The average Bonchev–Trinajstić information content (AvgIpc) is 3.43. The molecule has 0 spiro atoms. The predicted molar refractivity (Wildman–Crippen MR) is 322 cm³/mol. The van der Waals surface area contributed by atoms with Crippen LogP contribution in [0.15, 0.2) is 0 Å². The maximum absolute atomic E-state index is 12.9.